The number of unbranched alkanes of at least 4 members (excludes halogenated alkanes) is 44. The van der Waals surface area contributed by atoms with E-state index in [0.29, 0.717) is 19.4 Å². The standard InChI is InChI=1S/C68H127NO5/c1-3-5-7-9-11-13-15-16-17-18-33-36-39-42-46-50-54-58-62-68(73)74-63-59-55-51-47-43-40-37-34-31-29-27-25-23-21-19-20-22-24-26-28-30-32-35-38-41-45-49-53-57-61-67(72)69-65(64-70)66(71)60-56-52-48-44-14-12-10-8-6-4-2/h13,15,17-19,21,56,60,65-66,70-71H,3-12,14,16,20,22-55,57-59,61-64H2,1-2H3,(H,69,72)/b15-13-,18-17-,21-19-,60-56+. The first kappa shape index (κ1) is 71.8. The summed E-state index contributed by atoms with van der Waals surface area (Å²) in [5, 5.41) is 23.0. The second-order valence-corrected chi connectivity index (χ2v) is 22.4. The lowest BCUT2D eigenvalue weighted by atomic mass is 10.0. The van der Waals surface area contributed by atoms with E-state index in [2.05, 4.69) is 55.6 Å². The minimum Gasteiger partial charge on any atom is -0.466 e. The maximum atomic E-state index is 12.4. The lowest BCUT2D eigenvalue weighted by Crippen LogP contribution is -2.45. The number of allylic oxidation sites excluding steroid dienone is 7. The van der Waals surface area contributed by atoms with Gasteiger partial charge in [-0.05, 0) is 89.9 Å². The largest absolute Gasteiger partial charge is 0.466 e. The average Bonchev–Trinajstić information content (AvgIpc) is 3.40. The first-order valence-electron chi connectivity index (χ1n) is 32.9. The minimum atomic E-state index is -0.842. The van der Waals surface area contributed by atoms with Crippen molar-refractivity contribution in [2.24, 2.45) is 0 Å². The van der Waals surface area contributed by atoms with Crippen molar-refractivity contribution in [2.45, 2.75) is 360 Å². The zero-order valence-corrected chi connectivity index (χ0v) is 49.6. The third-order valence-corrected chi connectivity index (χ3v) is 15.1. The van der Waals surface area contributed by atoms with Crippen LogP contribution in [0.15, 0.2) is 48.6 Å². The lowest BCUT2D eigenvalue weighted by Gasteiger charge is -2.20. The molecule has 0 aromatic rings. The quantitative estimate of drug-likeness (QED) is 0.0320. The van der Waals surface area contributed by atoms with Crippen molar-refractivity contribution in [1.82, 2.24) is 5.32 Å². The lowest BCUT2D eigenvalue weighted by molar-refractivity contribution is -0.143. The predicted octanol–water partition coefficient (Wildman–Crippen LogP) is 20.9. The number of aliphatic hydroxyl groups is 2. The van der Waals surface area contributed by atoms with E-state index in [1.54, 1.807) is 6.08 Å². The van der Waals surface area contributed by atoms with E-state index < -0.39 is 12.1 Å². The number of carbonyl (C=O) groups is 2. The molecule has 74 heavy (non-hydrogen) atoms. The summed E-state index contributed by atoms with van der Waals surface area (Å²) in [6.07, 6.45) is 81.8. The Labute approximate surface area is 461 Å². The normalized spacial score (nSPS) is 12.9. The van der Waals surface area contributed by atoms with Gasteiger partial charge in [-0.3, -0.25) is 9.59 Å². The minimum absolute atomic E-state index is 0.00858. The van der Waals surface area contributed by atoms with Gasteiger partial charge in [-0.1, -0.05) is 294 Å². The highest BCUT2D eigenvalue weighted by atomic mass is 16.5. The topological polar surface area (TPSA) is 95.9 Å². The molecule has 6 heteroatoms. The molecule has 0 aromatic heterocycles. The molecule has 0 spiro atoms. The number of hydrogen-bond acceptors (Lipinski definition) is 5. The molecule has 2 unspecified atom stereocenters. The van der Waals surface area contributed by atoms with Gasteiger partial charge in [-0.25, -0.2) is 0 Å². The van der Waals surface area contributed by atoms with E-state index >= 15 is 0 Å². The summed E-state index contributed by atoms with van der Waals surface area (Å²) in [6.45, 7) is 4.88. The molecule has 0 heterocycles. The second kappa shape index (κ2) is 63.4. The Hall–Kier alpha value is -2.18. The van der Waals surface area contributed by atoms with Crippen LogP contribution in [0, 0.1) is 0 Å². The molecule has 0 aromatic carbocycles. The summed E-state index contributed by atoms with van der Waals surface area (Å²) < 4.78 is 5.50. The summed E-state index contributed by atoms with van der Waals surface area (Å²) in [5.41, 5.74) is 0. The predicted molar refractivity (Wildman–Crippen MR) is 324 cm³/mol. The molecular formula is C68H127NO5. The summed E-state index contributed by atoms with van der Waals surface area (Å²) in [6, 6.07) is -0.626. The Kier molecular flexibility index (Phi) is 61.5. The van der Waals surface area contributed by atoms with Gasteiger partial charge in [0.25, 0.3) is 0 Å². The molecule has 0 aliphatic heterocycles. The SMILES string of the molecule is CCCCCC/C=C\C/C=C\CCCCCCCCCC(=O)OCCCCCCCCCCCCCC/C=C\CCCCCCCCCCCCCCCC(=O)NC(CO)C(O)/C=C/CCCCCCCCCC. The van der Waals surface area contributed by atoms with Crippen molar-refractivity contribution < 1.29 is 24.5 Å². The Bertz CT molecular complexity index is 1240. The monoisotopic (exact) mass is 1040 g/mol. The molecule has 434 valence electrons. The van der Waals surface area contributed by atoms with Gasteiger partial charge in [-0.15, -0.1) is 0 Å². The molecule has 2 atom stereocenters. The zero-order chi connectivity index (χ0) is 53.6. The molecule has 0 saturated carbocycles. The van der Waals surface area contributed by atoms with E-state index in [1.807, 2.05) is 6.08 Å². The summed E-state index contributed by atoms with van der Waals surface area (Å²) >= 11 is 0. The molecule has 0 aliphatic carbocycles. The van der Waals surface area contributed by atoms with Crippen molar-refractivity contribution >= 4 is 11.9 Å². The molecule has 0 fully saturated rings. The maximum absolute atomic E-state index is 12.4. The molecule has 6 nitrogen and oxygen atoms in total. The maximum Gasteiger partial charge on any atom is 0.305 e. The number of hydrogen-bond donors (Lipinski definition) is 3. The van der Waals surface area contributed by atoms with Gasteiger partial charge in [0.1, 0.15) is 0 Å². The molecule has 0 saturated heterocycles. The molecular weight excluding hydrogens is 911 g/mol. The van der Waals surface area contributed by atoms with Gasteiger partial charge in [0.15, 0.2) is 0 Å². The first-order valence-corrected chi connectivity index (χ1v) is 32.9. The van der Waals surface area contributed by atoms with E-state index in [1.165, 1.54) is 270 Å². The Morgan fingerprint density at radius 1 is 0.378 bits per heavy atom. The number of rotatable bonds is 61. The van der Waals surface area contributed by atoms with Crippen molar-refractivity contribution in [2.75, 3.05) is 13.2 Å². The molecule has 0 rings (SSSR count). The van der Waals surface area contributed by atoms with Crippen LogP contribution in [0.5, 0.6) is 0 Å². The fraction of sp³-hybridized carbons (Fsp3) is 0.853. The van der Waals surface area contributed by atoms with Gasteiger partial charge in [0, 0.05) is 12.8 Å². The highest BCUT2D eigenvalue weighted by Gasteiger charge is 2.18. The van der Waals surface area contributed by atoms with E-state index in [9.17, 15) is 19.8 Å². The number of nitrogens with one attached hydrogen (secondary N) is 1. The van der Waals surface area contributed by atoms with Crippen LogP contribution in [0.3, 0.4) is 0 Å². The Morgan fingerprint density at radius 3 is 1.05 bits per heavy atom. The Morgan fingerprint density at radius 2 is 0.676 bits per heavy atom. The van der Waals surface area contributed by atoms with Gasteiger partial charge >= 0.3 is 5.97 Å². The van der Waals surface area contributed by atoms with Crippen LogP contribution in [0.4, 0.5) is 0 Å². The smallest absolute Gasteiger partial charge is 0.305 e. The van der Waals surface area contributed by atoms with Crippen LogP contribution < -0.4 is 5.32 Å². The third-order valence-electron chi connectivity index (χ3n) is 15.1. The molecule has 1 amide bonds. The van der Waals surface area contributed by atoms with Crippen LogP contribution in [0.1, 0.15) is 348 Å². The fourth-order valence-corrected chi connectivity index (χ4v) is 10.0. The van der Waals surface area contributed by atoms with Crippen molar-refractivity contribution in [3.63, 3.8) is 0 Å². The van der Waals surface area contributed by atoms with E-state index in [4.69, 9.17) is 4.74 Å². The van der Waals surface area contributed by atoms with Crippen LogP contribution in [0.2, 0.25) is 0 Å². The number of esters is 1. The molecule has 3 N–H and O–H groups in total. The van der Waals surface area contributed by atoms with Gasteiger partial charge in [0.05, 0.1) is 25.4 Å². The van der Waals surface area contributed by atoms with Gasteiger partial charge < -0.3 is 20.3 Å². The average molecular weight is 1040 g/mol. The van der Waals surface area contributed by atoms with Gasteiger partial charge in [0.2, 0.25) is 5.91 Å². The molecule has 0 bridgehead atoms. The summed E-state index contributed by atoms with van der Waals surface area (Å²) in [5.74, 6) is -0.0601. The Balaban J connectivity index is 3.36. The van der Waals surface area contributed by atoms with Crippen LogP contribution in [0.25, 0.3) is 0 Å². The molecule has 0 radical (unpaired) electrons. The highest BCUT2D eigenvalue weighted by molar-refractivity contribution is 5.76. The van der Waals surface area contributed by atoms with Gasteiger partial charge in [-0.2, -0.15) is 0 Å². The number of ether oxygens (including phenoxy) is 1. The fourth-order valence-electron chi connectivity index (χ4n) is 10.0. The van der Waals surface area contributed by atoms with Crippen molar-refractivity contribution in [3.8, 4) is 0 Å². The first-order chi connectivity index (χ1) is 36.5. The van der Waals surface area contributed by atoms with E-state index in [0.717, 1.165) is 51.4 Å². The number of carbonyl (C=O) groups excluding carboxylic acids is 2. The number of amides is 1. The molecule has 0 aliphatic rings. The zero-order valence-electron chi connectivity index (χ0n) is 49.6. The van der Waals surface area contributed by atoms with E-state index in [-0.39, 0.29) is 18.5 Å². The summed E-state index contributed by atoms with van der Waals surface area (Å²) in [7, 11) is 0. The number of aliphatic hydroxyl groups excluding tert-OH is 2. The van der Waals surface area contributed by atoms with Crippen LogP contribution in [-0.2, 0) is 14.3 Å². The highest BCUT2D eigenvalue weighted by Crippen LogP contribution is 2.17. The van der Waals surface area contributed by atoms with Crippen LogP contribution in [-0.4, -0.2) is 47.4 Å². The third kappa shape index (κ3) is 59.1. The summed E-state index contributed by atoms with van der Waals surface area (Å²) in [4.78, 5) is 24.5. The second-order valence-electron chi connectivity index (χ2n) is 22.4. The van der Waals surface area contributed by atoms with Crippen molar-refractivity contribution in [1.29, 1.82) is 0 Å². The van der Waals surface area contributed by atoms with Crippen molar-refractivity contribution in [3.05, 3.63) is 48.6 Å². The van der Waals surface area contributed by atoms with Crippen LogP contribution >= 0.6 is 0 Å².